The zero-order chi connectivity index (χ0) is 19.3. The molecular formula is C17H13F5N4O. The maximum Gasteiger partial charge on any atom is 0.433 e. The third kappa shape index (κ3) is 2.98. The number of halogens is 5. The first-order valence-corrected chi connectivity index (χ1v) is 8.21. The molecule has 0 aliphatic carbocycles. The molecular weight excluding hydrogens is 371 g/mol. The summed E-state index contributed by atoms with van der Waals surface area (Å²) in [4.78, 5) is 20.7. The average Bonchev–Trinajstić information content (AvgIpc) is 2.92. The van der Waals surface area contributed by atoms with Gasteiger partial charge in [-0.1, -0.05) is 0 Å². The number of carbonyl (C=O) groups excluding carboxylic acids is 1. The zero-order valence-corrected chi connectivity index (χ0v) is 13.7. The van der Waals surface area contributed by atoms with E-state index in [1.54, 1.807) is 6.07 Å². The van der Waals surface area contributed by atoms with Crippen LogP contribution in [0.2, 0.25) is 0 Å². The number of aromatic nitrogens is 2. The van der Waals surface area contributed by atoms with E-state index in [0.717, 1.165) is 0 Å². The average molecular weight is 384 g/mol. The molecule has 2 aromatic rings. The SMILES string of the molecule is O=C(Nc1cc(C(F)(F)F)ncc1F)N1C2CC[C@@H]1c1ccnc(F)c1C2. The molecule has 0 saturated carbocycles. The number of fused-ring (bicyclic) bond motifs is 4. The van der Waals surface area contributed by atoms with Crippen LogP contribution in [-0.2, 0) is 12.6 Å². The molecule has 2 aliphatic heterocycles. The molecule has 0 radical (unpaired) electrons. The molecule has 2 bridgehead atoms. The first-order chi connectivity index (χ1) is 12.8. The summed E-state index contributed by atoms with van der Waals surface area (Å²) in [5.41, 5.74) is -0.839. The Hall–Kier alpha value is -2.78. The molecule has 142 valence electrons. The largest absolute Gasteiger partial charge is 0.433 e. The highest BCUT2D eigenvalue weighted by Gasteiger charge is 2.44. The summed E-state index contributed by atoms with van der Waals surface area (Å²) in [5.74, 6) is -1.66. The monoisotopic (exact) mass is 384 g/mol. The summed E-state index contributed by atoms with van der Waals surface area (Å²) in [5, 5.41) is 2.20. The summed E-state index contributed by atoms with van der Waals surface area (Å²) in [6, 6.07) is 0.594. The quantitative estimate of drug-likeness (QED) is 0.596. The van der Waals surface area contributed by atoms with Gasteiger partial charge in [-0.2, -0.15) is 17.6 Å². The Bertz CT molecular complexity index is 917. The van der Waals surface area contributed by atoms with Crippen molar-refractivity contribution in [2.24, 2.45) is 0 Å². The molecule has 2 amide bonds. The molecule has 5 nitrogen and oxygen atoms in total. The van der Waals surface area contributed by atoms with E-state index in [2.05, 4.69) is 15.3 Å². The summed E-state index contributed by atoms with van der Waals surface area (Å²) in [6.45, 7) is 0. The van der Waals surface area contributed by atoms with Gasteiger partial charge in [-0.05, 0) is 37.0 Å². The molecule has 1 unspecified atom stereocenters. The van der Waals surface area contributed by atoms with Crippen LogP contribution < -0.4 is 5.32 Å². The Morgan fingerprint density at radius 2 is 2.00 bits per heavy atom. The lowest BCUT2D eigenvalue weighted by atomic mass is 9.95. The van der Waals surface area contributed by atoms with Gasteiger partial charge >= 0.3 is 12.2 Å². The fourth-order valence-corrected chi connectivity index (χ4v) is 3.80. The number of anilines is 1. The molecule has 2 atom stereocenters. The number of rotatable bonds is 1. The van der Waals surface area contributed by atoms with E-state index in [4.69, 9.17) is 0 Å². The lowest BCUT2D eigenvalue weighted by Gasteiger charge is -2.36. The van der Waals surface area contributed by atoms with Gasteiger partial charge in [0, 0.05) is 17.8 Å². The minimum atomic E-state index is -4.76. The van der Waals surface area contributed by atoms with Crippen LogP contribution in [0.4, 0.5) is 32.4 Å². The van der Waals surface area contributed by atoms with Crippen LogP contribution in [0.15, 0.2) is 24.5 Å². The zero-order valence-electron chi connectivity index (χ0n) is 13.7. The van der Waals surface area contributed by atoms with Crippen LogP contribution in [0, 0.1) is 11.8 Å². The smallest absolute Gasteiger partial charge is 0.314 e. The number of pyridine rings is 2. The number of nitrogens with zero attached hydrogens (tertiary/aromatic N) is 3. The molecule has 0 aromatic carbocycles. The predicted molar refractivity (Wildman–Crippen MR) is 83.7 cm³/mol. The van der Waals surface area contributed by atoms with Gasteiger partial charge in [-0.3, -0.25) is 0 Å². The van der Waals surface area contributed by atoms with E-state index in [0.29, 0.717) is 36.2 Å². The number of amides is 2. The van der Waals surface area contributed by atoms with Crippen molar-refractivity contribution in [2.45, 2.75) is 37.5 Å². The van der Waals surface area contributed by atoms with Crippen molar-refractivity contribution in [3.63, 3.8) is 0 Å². The molecule has 1 fully saturated rings. The van der Waals surface area contributed by atoms with E-state index >= 15 is 0 Å². The van der Waals surface area contributed by atoms with Crippen LogP contribution in [0.25, 0.3) is 0 Å². The number of alkyl halides is 3. The molecule has 0 spiro atoms. The first kappa shape index (κ1) is 17.6. The molecule has 10 heteroatoms. The Balaban J connectivity index is 1.62. The highest BCUT2D eigenvalue weighted by Crippen LogP contribution is 2.44. The van der Waals surface area contributed by atoms with Crippen molar-refractivity contribution in [1.29, 1.82) is 0 Å². The van der Waals surface area contributed by atoms with E-state index in [-0.39, 0.29) is 12.5 Å². The van der Waals surface area contributed by atoms with Crippen LogP contribution in [0.5, 0.6) is 0 Å². The Morgan fingerprint density at radius 1 is 1.22 bits per heavy atom. The van der Waals surface area contributed by atoms with Crippen molar-refractivity contribution >= 4 is 11.7 Å². The molecule has 1 saturated heterocycles. The second kappa shape index (κ2) is 6.14. The van der Waals surface area contributed by atoms with Crippen LogP contribution in [0.1, 0.15) is 35.7 Å². The van der Waals surface area contributed by atoms with Gasteiger partial charge in [0.05, 0.1) is 17.9 Å². The number of carbonyl (C=O) groups is 1. The van der Waals surface area contributed by atoms with Gasteiger partial charge in [-0.15, -0.1) is 0 Å². The second-order valence-electron chi connectivity index (χ2n) is 6.51. The van der Waals surface area contributed by atoms with Crippen molar-refractivity contribution in [3.8, 4) is 0 Å². The topological polar surface area (TPSA) is 58.1 Å². The number of hydrogen-bond donors (Lipinski definition) is 1. The molecule has 27 heavy (non-hydrogen) atoms. The van der Waals surface area contributed by atoms with E-state index < -0.39 is 41.4 Å². The standard InChI is InChI=1S/C17H13F5N4O/c18-11-7-24-14(17(20,21)22)6-12(11)25-16(27)26-8-1-2-13(26)9-3-4-23-15(19)10(9)5-8/h3-4,6-8,13H,1-2,5H2,(H,24,25,27)/t8?,13-/m1/s1. The third-order valence-electron chi connectivity index (χ3n) is 4.96. The molecule has 4 heterocycles. The highest BCUT2D eigenvalue weighted by molar-refractivity contribution is 5.90. The molecule has 2 aliphatic rings. The van der Waals surface area contributed by atoms with Crippen LogP contribution >= 0.6 is 0 Å². The van der Waals surface area contributed by atoms with Gasteiger partial charge in [0.2, 0.25) is 5.95 Å². The lowest BCUT2D eigenvalue weighted by Crippen LogP contribution is -2.44. The Labute approximate surface area is 150 Å². The van der Waals surface area contributed by atoms with Gasteiger partial charge in [0.15, 0.2) is 5.82 Å². The Kier molecular flexibility index (Phi) is 4.01. The van der Waals surface area contributed by atoms with Crippen molar-refractivity contribution in [3.05, 3.63) is 53.1 Å². The summed E-state index contributed by atoms with van der Waals surface area (Å²) in [7, 11) is 0. The van der Waals surface area contributed by atoms with E-state index in [1.807, 2.05) is 0 Å². The fourth-order valence-electron chi connectivity index (χ4n) is 3.80. The van der Waals surface area contributed by atoms with Gasteiger partial charge in [-0.25, -0.2) is 19.2 Å². The number of hydrogen-bond acceptors (Lipinski definition) is 3. The van der Waals surface area contributed by atoms with E-state index in [1.165, 1.54) is 11.1 Å². The van der Waals surface area contributed by atoms with Crippen molar-refractivity contribution < 1.29 is 26.7 Å². The van der Waals surface area contributed by atoms with Gasteiger partial charge in [0.1, 0.15) is 5.69 Å². The summed E-state index contributed by atoms with van der Waals surface area (Å²) >= 11 is 0. The summed E-state index contributed by atoms with van der Waals surface area (Å²) in [6.07, 6.45) is -1.59. The fraction of sp³-hybridized carbons (Fsp3) is 0.353. The predicted octanol–water partition coefficient (Wildman–Crippen LogP) is 4.07. The van der Waals surface area contributed by atoms with Crippen LogP contribution in [0.3, 0.4) is 0 Å². The highest BCUT2D eigenvalue weighted by atomic mass is 19.4. The number of urea groups is 1. The normalized spacial score (nSPS) is 21.1. The molecule has 1 N–H and O–H groups in total. The van der Waals surface area contributed by atoms with E-state index in [9.17, 15) is 26.7 Å². The summed E-state index contributed by atoms with van der Waals surface area (Å²) < 4.78 is 66.1. The number of nitrogens with one attached hydrogen (secondary N) is 1. The molecule has 4 rings (SSSR count). The minimum Gasteiger partial charge on any atom is -0.314 e. The van der Waals surface area contributed by atoms with Crippen molar-refractivity contribution in [1.82, 2.24) is 14.9 Å². The second-order valence-corrected chi connectivity index (χ2v) is 6.51. The van der Waals surface area contributed by atoms with Crippen LogP contribution in [-0.4, -0.2) is 26.9 Å². The van der Waals surface area contributed by atoms with Crippen molar-refractivity contribution in [2.75, 3.05) is 5.32 Å². The van der Waals surface area contributed by atoms with Gasteiger partial charge in [0.25, 0.3) is 0 Å². The maximum atomic E-state index is 13.9. The lowest BCUT2D eigenvalue weighted by molar-refractivity contribution is -0.141. The Morgan fingerprint density at radius 3 is 2.74 bits per heavy atom. The third-order valence-corrected chi connectivity index (χ3v) is 4.96. The van der Waals surface area contributed by atoms with Gasteiger partial charge < -0.3 is 10.2 Å². The first-order valence-electron chi connectivity index (χ1n) is 8.21. The maximum absolute atomic E-state index is 13.9. The molecule has 2 aromatic heterocycles. The minimum absolute atomic E-state index is 0.256.